The molecule has 2 unspecified atom stereocenters. The van der Waals surface area contributed by atoms with Crippen molar-refractivity contribution < 1.29 is 0 Å². The van der Waals surface area contributed by atoms with Gasteiger partial charge in [-0.05, 0) is 48.0 Å². The first kappa shape index (κ1) is 20.5. The molecule has 3 saturated carbocycles. The van der Waals surface area contributed by atoms with Gasteiger partial charge in [0.05, 0.1) is 0 Å². The molecule has 0 N–H and O–H groups in total. The van der Waals surface area contributed by atoms with E-state index in [-0.39, 0.29) is 0 Å². The van der Waals surface area contributed by atoms with Crippen molar-refractivity contribution in [2.75, 3.05) is 0 Å². The van der Waals surface area contributed by atoms with E-state index in [1.54, 1.807) is 5.56 Å². The molecule has 28 heavy (non-hydrogen) atoms. The molecule has 156 valence electrons. The van der Waals surface area contributed by atoms with E-state index in [2.05, 4.69) is 30.3 Å². The summed E-state index contributed by atoms with van der Waals surface area (Å²) in [4.78, 5) is 0. The fourth-order valence-electron chi connectivity index (χ4n) is 7.10. The summed E-state index contributed by atoms with van der Waals surface area (Å²) in [6.07, 6.45) is 25.6. The molecule has 0 amide bonds. The number of benzene rings is 1. The quantitative estimate of drug-likeness (QED) is 0.443. The van der Waals surface area contributed by atoms with Crippen LogP contribution in [-0.2, 0) is 0 Å². The minimum Gasteiger partial charge on any atom is -0.0622 e. The summed E-state index contributed by atoms with van der Waals surface area (Å²) >= 11 is 0. The molecule has 0 saturated heterocycles. The molecule has 0 radical (unpaired) electrons. The monoisotopic (exact) mass is 380 g/mol. The number of rotatable bonds is 7. The zero-order valence-electron chi connectivity index (χ0n) is 18.3. The summed E-state index contributed by atoms with van der Waals surface area (Å²) in [5.74, 6) is 4.81. The Bertz CT molecular complexity index is 528. The first-order chi connectivity index (χ1) is 13.9. The summed E-state index contributed by atoms with van der Waals surface area (Å²) in [5.41, 5.74) is 1.68. The van der Waals surface area contributed by atoms with Gasteiger partial charge in [-0.15, -0.1) is 0 Å². The fraction of sp³-hybridized carbons (Fsp3) is 0.786. The van der Waals surface area contributed by atoms with E-state index in [9.17, 15) is 0 Å². The zero-order chi connectivity index (χ0) is 19.0. The molecule has 0 bridgehead atoms. The Kier molecular flexibility index (Phi) is 7.93. The van der Waals surface area contributed by atoms with Crippen LogP contribution in [0.3, 0.4) is 0 Å². The van der Waals surface area contributed by atoms with Gasteiger partial charge >= 0.3 is 0 Å². The van der Waals surface area contributed by atoms with E-state index < -0.39 is 0 Å². The Morgan fingerprint density at radius 1 is 0.571 bits per heavy atom. The van der Waals surface area contributed by atoms with Crippen molar-refractivity contribution in [2.24, 2.45) is 23.7 Å². The maximum atomic E-state index is 2.48. The molecule has 0 heterocycles. The minimum absolute atomic E-state index is 0.828. The second-order valence-electron chi connectivity index (χ2n) is 10.6. The van der Waals surface area contributed by atoms with Crippen molar-refractivity contribution in [2.45, 2.75) is 115 Å². The average Bonchev–Trinajstić information content (AvgIpc) is 2.79. The summed E-state index contributed by atoms with van der Waals surface area (Å²) < 4.78 is 0. The van der Waals surface area contributed by atoms with Crippen LogP contribution in [0.5, 0.6) is 0 Å². The molecule has 2 atom stereocenters. The maximum absolute atomic E-state index is 2.48. The highest BCUT2D eigenvalue weighted by Crippen LogP contribution is 2.47. The van der Waals surface area contributed by atoms with Crippen LogP contribution >= 0.6 is 0 Å². The van der Waals surface area contributed by atoms with Gasteiger partial charge in [-0.3, -0.25) is 0 Å². The molecule has 1 aromatic carbocycles. The smallest absolute Gasteiger partial charge is 0.0128 e. The predicted octanol–water partition coefficient (Wildman–Crippen LogP) is 8.91. The van der Waals surface area contributed by atoms with Crippen molar-refractivity contribution in [3.63, 3.8) is 0 Å². The van der Waals surface area contributed by atoms with Gasteiger partial charge in [0.2, 0.25) is 0 Å². The van der Waals surface area contributed by atoms with Crippen LogP contribution in [0.2, 0.25) is 0 Å². The lowest BCUT2D eigenvalue weighted by Gasteiger charge is -2.41. The van der Waals surface area contributed by atoms with Crippen molar-refractivity contribution >= 4 is 0 Å². The summed E-state index contributed by atoms with van der Waals surface area (Å²) in [7, 11) is 0. The van der Waals surface area contributed by atoms with E-state index in [0.717, 1.165) is 29.6 Å². The van der Waals surface area contributed by atoms with Gasteiger partial charge < -0.3 is 0 Å². The minimum atomic E-state index is 0.828. The Morgan fingerprint density at radius 3 is 1.64 bits per heavy atom. The molecule has 1 aromatic rings. The standard InChI is InChI=1S/C28H44/c1-5-13-23(14-6-1)21-27(25-17-9-3-10-18-25)28(26-19-11-4-12-20-26)22-24-15-7-2-8-16-24/h3,9-10,17-18,23-24,26-28H,1-2,4-8,11-16,19-22H2. The van der Waals surface area contributed by atoms with Gasteiger partial charge in [0.25, 0.3) is 0 Å². The topological polar surface area (TPSA) is 0 Å². The highest BCUT2D eigenvalue weighted by atomic mass is 14.4. The molecule has 3 aliphatic rings. The van der Waals surface area contributed by atoms with E-state index >= 15 is 0 Å². The predicted molar refractivity (Wildman–Crippen MR) is 122 cm³/mol. The van der Waals surface area contributed by atoms with Crippen LogP contribution in [0.4, 0.5) is 0 Å². The lowest BCUT2D eigenvalue weighted by atomic mass is 9.64. The second-order valence-corrected chi connectivity index (χ2v) is 10.6. The van der Waals surface area contributed by atoms with Crippen molar-refractivity contribution in [1.82, 2.24) is 0 Å². The molecule has 0 nitrogen and oxygen atoms in total. The fourth-order valence-corrected chi connectivity index (χ4v) is 7.10. The van der Waals surface area contributed by atoms with Crippen LogP contribution in [0.15, 0.2) is 30.3 Å². The lowest BCUT2D eigenvalue weighted by molar-refractivity contribution is 0.144. The van der Waals surface area contributed by atoms with E-state index in [1.807, 2.05) is 0 Å². The Morgan fingerprint density at radius 2 is 1.07 bits per heavy atom. The van der Waals surface area contributed by atoms with E-state index in [0.29, 0.717) is 0 Å². The van der Waals surface area contributed by atoms with Crippen LogP contribution in [-0.4, -0.2) is 0 Å². The highest BCUT2D eigenvalue weighted by molar-refractivity contribution is 5.21. The normalized spacial score (nSPS) is 25.4. The largest absolute Gasteiger partial charge is 0.0622 e. The maximum Gasteiger partial charge on any atom is -0.0128 e. The molecule has 0 aliphatic heterocycles. The first-order valence-corrected chi connectivity index (χ1v) is 12.9. The van der Waals surface area contributed by atoms with Crippen LogP contribution in [0.1, 0.15) is 121 Å². The molecule has 3 fully saturated rings. The number of hydrogen-bond donors (Lipinski definition) is 0. The second kappa shape index (κ2) is 10.8. The molecule has 4 rings (SSSR count). The Labute approximate surface area is 174 Å². The molecule has 3 aliphatic carbocycles. The van der Waals surface area contributed by atoms with Crippen molar-refractivity contribution in [1.29, 1.82) is 0 Å². The van der Waals surface area contributed by atoms with Crippen LogP contribution < -0.4 is 0 Å². The van der Waals surface area contributed by atoms with Crippen LogP contribution in [0.25, 0.3) is 0 Å². The van der Waals surface area contributed by atoms with E-state index in [4.69, 9.17) is 0 Å². The number of hydrogen-bond acceptors (Lipinski definition) is 0. The van der Waals surface area contributed by atoms with Gasteiger partial charge in [0, 0.05) is 0 Å². The Balaban J connectivity index is 1.56. The third kappa shape index (κ3) is 5.64. The summed E-state index contributed by atoms with van der Waals surface area (Å²) in [6, 6.07) is 11.8. The first-order valence-electron chi connectivity index (χ1n) is 12.9. The van der Waals surface area contributed by atoms with Gasteiger partial charge in [0.15, 0.2) is 0 Å². The molecular weight excluding hydrogens is 336 g/mol. The van der Waals surface area contributed by atoms with Crippen molar-refractivity contribution in [3.05, 3.63) is 35.9 Å². The summed E-state index contributed by atoms with van der Waals surface area (Å²) in [6.45, 7) is 0. The summed E-state index contributed by atoms with van der Waals surface area (Å²) in [5, 5.41) is 0. The van der Waals surface area contributed by atoms with Gasteiger partial charge in [0.1, 0.15) is 0 Å². The molecule has 0 spiro atoms. The Hall–Kier alpha value is -0.780. The SMILES string of the molecule is c1ccc(C(CC2CCCCC2)C(CC2CCCCC2)C2CCCCC2)cc1. The van der Waals surface area contributed by atoms with Gasteiger partial charge in [-0.2, -0.15) is 0 Å². The molecule has 0 aromatic heterocycles. The average molecular weight is 381 g/mol. The van der Waals surface area contributed by atoms with Crippen LogP contribution in [0, 0.1) is 23.7 Å². The lowest BCUT2D eigenvalue weighted by Crippen LogP contribution is -2.29. The van der Waals surface area contributed by atoms with Crippen molar-refractivity contribution in [3.8, 4) is 0 Å². The van der Waals surface area contributed by atoms with E-state index in [1.165, 1.54) is 109 Å². The zero-order valence-corrected chi connectivity index (χ0v) is 18.3. The van der Waals surface area contributed by atoms with Gasteiger partial charge in [-0.1, -0.05) is 127 Å². The molecule has 0 heteroatoms. The van der Waals surface area contributed by atoms with Gasteiger partial charge in [-0.25, -0.2) is 0 Å². The highest BCUT2D eigenvalue weighted by Gasteiger charge is 2.35. The third-order valence-electron chi connectivity index (χ3n) is 8.64. The third-order valence-corrected chi connectivity index (χ3v) is 8.64. The molecular formula is C28H44.